The molecule has 1 saturated carbocycles. The minimum atomic E-state index is 0.746. The molecule has 1 fully saturated rings. The van der Waals surface area contributed by atoms with Gasteiger partial charge in [-0.05, 0) is 48.1 Å². The summed E-state index contributed by atoms with van der Waals surface area (Å²) in [5.41, 5.74) is 5.08. The van der Waals surface area contributed by atoms with E-state index in [9.17, 15) is 0 Å². The van der Waals surface area contributed by atoms with Crippen LogP contribution in [-0.2, 0) is 6.54 Å². The van der Waals surface area contributed by atoms with Crippen molar-refractivity contribution in [3.8, 4) is 0 Å². The van der Waals surface area contributed by atoms with Crippen LogP contribution in [0.4, 0.5) is 5.13 Å². The first-order valence-electron chi connectivity index (χ1n) is 10.3. The Bertz CT molecular complexity index is 1150. The highest BCUT2D eigenvalue weighted by Crippen LogP contribution is 2.29. The Morgan fingerprint density at radius 2 is 2.03 bits per heavy atom. The second-order valence-corrected chi connectivity index (χ2v) is 8.92. The predicted molar refractivity (Wildman–Crippen MR) is 121 cm³/mol. The third-order valence-corrected chi connectivity index (χ3v) is 6.76. The van der Waals surface area contributed by atoms with E-state index in [4.69, 9.17) is 4.98 Å². The summed E-state index contributed by atoms with van der Waals surface area (Å²) in [6.07, 6.45) is 12.3. The Balaban J connectivity index is 1.32. The third-order valence-electron chi connectivity index (χ3n) is 5.78. The Kier molecular flexibility index (Phi) is 5.02. The van der Waals surface area contributed by atoms with Crippen LogP contribution in [0.25, 0.3) is 27.5 Å². The molecule has 0 bridgehead atoms. The maximum atomic E-state index is 4.77. The second-order valence-electron chi connectivity index (χ2n) is 7.89. The first-order chi connectivity index (χ1) is 14.3. The van der Waals surface area contributed by atoms with E-state index in [0.29, 0.717) is 0 Å². The molecular formula is C23H25N5S. The molecule has 6 heteroatoms. The Morgan fingerprint density at radius 3 is 2.90 bits per heavy atom. The summed E-state index contributed by atoms with van der Waals surface area (Å²) in [5.74, 6) is 0.801. The van der Waals surface area contributed by atoms with E-state index in [1.165, 1.54) is 42.4 Å². The molecule has 148 valence electrons. The molecule has 1 aliphatic carbocycles. The highest BCUT2D eigenvalue weighted by molar-refractivity contribution is 7.22. The number of imidazole rings is 1. The molecule has 0 spiro atoms. The normalized spacial score (nSPS) is 15.2. The lowest BCUT2D eigenvalue weighted by Gasteiger charge is -2.21. The molecule has 1 aromatic carbocycles. The van der Waals surface area contributed by atoms with Crippen molar-refractivity contribution in [2.45, 2.75) is 38.6 Å². The molecular weight excluding hydrogens is 378 g/mol. The number of anilines is 1. The van der Waals surface area contributed by atoms with Crippen molar-refractivity contribution < 1.29 is 0 Å². The molecule has 0 amide bonds. The van der Waals surface area contributed by atoms with Crippen molar-refractivity contribution in [2.75, 3.05) is 11.9 Å². The molecule has 0 aliphatic heterocycles. The van der Waals surface area contributed by atoms with Gasteiger partial charge in [0.1, 0.15) is 5.52 Å². The van der Waals surface area contributed by atoms with Gasteiger partial charge >= 0.3 is 0 Å². The average Bonchev–Trinajstić information content (AvgIpc) is 3.36. The zero-order valence-corrected chi connectivity index (χ0v) is 17.3. The van der Waals surface area contributed by atoms with Crippen molar-refractivity contribution in [2.24, 2.45) is 5.92 Å². The molecule has 0 atom stereocenters. The minimum absolute atomic E-state index is 0.746. The van der Waals surface area contributed by atoms with Gasteiger partial charge in [-0.3, -0.25) is 0 Å². The zero-order chi connectivity index (χ0) is 19.6. The standard InChI is InChI=1S/C23H25N5S/c1-2-16-10-20-22(24-12-16)28(15-26-20)14-18-8-9-19-21(11-18)29-23(27-19)25-13-17-6-4-3-5-7-17/h2,8-12,15,17H,1,3-7,13-14H2,(H,25,27). The van der Waals surface area contributed by atoms with E-state index in [2.05, 4.69) is 44.6 Å². The number of pyridine rings is 1. The van der Waals surface area contributed by atoms with Gasteiger partial charge in [-0.25, -0.2) is 15.0 Å². The van der Waals surface area contributed by atoms with E-state index in [1.54, 1.807) is 17.4 Å². The van der Waals surface area contributed by atoms with Crippen LogP contribution in [0.1, 0.15) is 43.2 Å². The Morgan fingerprint density at radius 1 is 1.14 bits per heavy atom. The van der Waals surface area contributed by atoms with Gasteiger partial charge in [-0.1, -0.05) is 49.3 Å². The van der Waals surface area contributed by atoms with Crippen LogP contribution in [0.15, 0.2) is 43.4 Å². The Hall–Kier alpha value is -2.73. The minimum Gasteiger partial charge on any atom is -0.361 e. The van der Waals surface area contributed by atoms with E-state index in [-0.39, 0.29) is 0 Å². The van der Waals surface area contributed by atoms with Gasteiger partial charge in [0.05, 0.1) is 23.1 Å². The highest BCUT2D eigenvalue weighted by atomic mass is 32.1. The fourth-order valence-corrected chi connectivity index (χ4v) is 5.09. The fourth-order valence-electron chi connectivity index (χ4n) is 4.15. The maximum Gasteiger partial charge on any atom is 0.183 e. The number of hydrogen-bond acceptors (Lipinski definition) is 5. The molecule has 3 heterocycles. The molecule has 5 rings (SSSR count). The summed E-state index contributed by atoms with van der Waals surface area (Å²) in [6, 6.07) is 8.53. The van der Waals surface area contributed by atoms with E-state index >= 15 is 0 Å². The van der Waals surface area contributed by atoms with Crippen molar-refractivity contribution in [1.29, 1.82) is 0 Å². The Labute approximate surface area is 174 Å². The monoisotopic (exact) mass is 403 g/mol. The lowest BCUT2D eigenvalue weighted by molar-refractivity contribution is 0.373. The molecule has 1 aliphatic rings. The third kappa shape index (κ3) is 3.90. The van der Waals surface area contributed by atoms with Crippen molar-refractivity contribution in [3.05, 3.63) is 54.5 Å². The second kappa shape index (κ2) is 7.95. The summed E-state index contributed by atoms with van der Waals surface area (Å²) in [4.78, 5) is 13.8. The van der Waals surface area contributed by atoms with E-state index < -0.39 is 0 Å². The molecule has 1 N–H and O–H groups in total. The van der Waals surface area contributed by atoms with Crippen LogP contribution in [0.2, 0.25) is 0 Å². The van der Waals surface area contributed by atoms with Crippen molar-refractivity contribution >= 4 is 43.9 Å². The topological polar surface area (TPSA) is 55.6 Å². The largest absolute Gasteiger partial charge is 0.361 e. The summed E-state index contributed by atoms with van der Waals surface area (Å²) in [5, 5.41) is 4.61. The summed E-state index contributed by atoms with van der Waals surface area (Å²) < 4.78 is 3.31. The van der Waals surface area contributed by atoms with Crippen LogP contribution >= 0.6 is 11.3 Å². The predicted octanol–water partition coefficient (Wildman–Crippen LogP) is 5.72. The summed E-state index contributed by atoms with van der Waals surface area (Å²) in [6.45, 7) is 5.59. The molecule has 3 aromatic heterocycles. The maximum absolute atomic E-state index is 4.77. The number of hydrogen-bond donors (Lipinski definition) is 1. The number of rotatable bonds is 6. The molecule has 4 aromatic rings. The van der Waals surface area contributed by atoms with Gasteiger partial charge in [0.15, 0.2) is 10.8 Å². The van der Waals surface area contributed by atoms with Crippen LogP contribution < -0.4 is 5.32 Å². The van der Waals surface area contributed by atoms with Crippen LogP contribution in [-0.4, -0.2) is 26.1 Å². The van der Waals surface area contributed by atoms with Gasteiger partial charge in [0.2, 0.25) is 0 Å². The molecule has 0 unspecified atom stereocenters. The van der Waals surface area contributed by atoms with E-state index in [0.717, 1.165) is 46.4 Å². The van der Waals surface area contributed by atoms with Crippen LogP contribution in [0.3, 0.4) is 0 Å². The van der Waals surface area contributed by atoms with Gasteiger partial charge in [0, 0.05) is 12.7 Å². The van der Waals surface area contributed by atoms with Gasteiger partial charge in [-0.15, -0.1) is 0 Å². The van der Waals surface area contributed by atoms with Crippen LogP contribution in [0, 0.1) is 5.92 Å². The van der Waals surface area contributed by atoms with Crippen molar-refractivity contribution in [3.63, 3.8) is 0 Å². The first kappa shape index (κ1) is 18.3. The highest BCUT2D eigenvalue weighted by Gasteiger charge is 2.14. The van der Waals surface area contributed by atoms with Crippen LogP contribution in [0.5, 0.6) is 0 Å². The smallest absolute Gasteiger partial charge is 0.183 e. The lowest BCUT2D eigenvalue weighted by atomic mass is 9.89. The summed E-state index contributed by atoms with van der Waals surface area (Å²) in [7, 11) is 0. The number of aromatic nitrogens is 4. The number of benzene rings is 1. The van der Waals surface area contributed by atoms with Gasteiger partial charge in [-0.2, -0.15) is 0 Å². The lowest BCUT2D eigenvalue weighted by Crippen LogP contribution is -2.16. The molecule has 0 radical (unpaired) electrons. The average molecular weight is 404 g/mol. The van der Waals surface area contributed by atoms with Crippen molar-refractivity contribution in [1.82, 2.24) is 19.5 Å². The number of thiazole rings is 1. The molecule has 0 saturated heterocycles. The quantitative estimate of drug-likeness (QED) is 0.447. The van der Waals surface area contributed by atoms with E-state index in [1.807, 2.05) is 18.6 Å². The fraction of sp³-hybridized carbons (Fsp3) is 0.348. The molecule has 5 nitrogen and oxygen atoms in total. The summed E-state index contributed by atoms with van der Waals surface area (Å²) >= 11 is 1.75. The van der Waals surface area contributed by atoms with Gasteiger partial charge < -0.3 is 9.88 Å². The number of nitrogens with zero attached hydrogens (tertiary/aromatic N) is 4. The number of nitrogens with one attached hydrogen (secondary N) is 1. The molecule has 29 heavy (non-hydrogen) atoms. The first-order valence-corrected chi connectivity index (χ1v) is 11.2. The van der Waals surface area contributed by atoms with Gasteiger partial charge in [0.25, 0.3) is 0 Å². The number of fused-ring (bicyclic) bond motifs is 2. The SMILES string of the molecule is C=Cc1cnc2c(c1)ncn2Cc1ccc2nc(NCC3CCCCC3)sc2c1. The zero-order valence-electron chi connectivity index (χ0n) is 16.5.